The van der Waals surface area contributed by atoms with Gasteiger partial charge in [0, 0.05) is 17.8 Å². The summed E-state index contributed by atoms with van der Waals surface area (Å²) in [6.45, 7) is 0.504. The summed E-state index contributed by atoms with van der Waals surface area (Å²) >= 11 is 0. The smallest absolute Gasteiger partial charge is 0.274 e. The number of carbonyl (C=O) groups is 1. The van der Waals surface area contributed by atoms with E-state index in [2.05, 4.69) is 20.6 Å². The molecule has 1 aliphatic rings. The Morgan fingerprint density at radius 1 is 1.04 bits per heavy atom. The first-order valence-electron chi connectivity index (χ1n) is 8.93. The maximum absolute atomic E-state index is 12.4. The van der Waals surface area contributed by atoms with Crippen molar-refractivity contribution in [2.45, 2.75) is 25.5 Å². The summed E-state index contributed by atoms with van der Waals surface area (Å²) in [6.07, 6.45) is 3.69. The lowest BCUT2D eigenvalue weighted by Gasteiger charge is -2.09. The predicted molar refractivity (Wildman–Crippen MR) is 104 cm³/mol. The second kappa shape index (κ2) is 7.86. The van der Waals surface area contributed by atoms with Crippen molar-refractivity contribution in [1.82, 2.24) is 9.97 Å². The summed E-state index contributed by atoms with van der Waals surface area (Å²) in [5, 5.41) is 6.11. The lowest BCUT2D eigenvalue weighted by Crippen LogP contribution is -2.15. The average Bonchev–Trinajstić information content (AvgIpc) is 3.52. The van der Waals surface area contributed by atoms with Crippen LogP contribution in [0.2, 0.25) is 0 Å². The molecule has 136 valence electrons. The Labute approximate surface area is 157 Å². The zero-order valence-electron chi connectivity index (χ0n) is 14.8. The summed E-state index contributed by atoms with van der Waals surface area (Å²) in [6, 6.07) is 19.4. The second-order valence-electron chi connectivity index (χ2n) is 6.46. The minimum atomic E-state index is -0.269. The van der Waals surface area contributed by atoms with Gasteiger partial charge in [-0.15, -0.1) is 0 Å². The fourth-order valence-corrected chi connectivity index (χ4v) is 2.57. The maximum atomic E-state index is 12.4. The lowest BCUT2D eigenvalue weighted by molar-refractivity contribution is 0.102. The fourth-order valence-electron chi connectivity index (χ4n) is 2.57. The molecule has 3 aromatic rings. The standard InChI is InChI=1S/C21H20N4O2/c26-21(19-12-20(23-14-22-19)24-16-6-7-16)25-17-8-10-18(11-9-17)27-13-15-4-2-1-3-5-15/h1-5,8-12,14,16H,6-7,13H2,(H,25,26)(H,22,23,24). The van der Waals surface area contributed by atoms with Crippen LogP contribution in [0.3, 0.4) is 0 Å². The van der Waals surface area contributed by atoms with Crippen molar-refractivity contribution in [2.24, 2.45) is 0 Å². The molecule has 6 nitrogen and oxygen atoms in total. The summed E-state index contributed by atoms with van der Waals surface area (Å²) in [5.41, 5.74) is 2.12. The van der Waals surface area contributed by atoms with Gasteiger partial charge >= 0.3 is 0 Å². The molecule has 27 heavy (non-hydrogen) atoms. The van der Waals surface area contributed by atoms with Crippen LogP contribution in [0.1, 0.15) is 28.9 Å². The third-order valence-electron chi connectivity index (χ3n) is 4.19. The molecule has 0 saturated heterocycles. The SMILES string of the molecule is O=C(Nc1ccc(OCc2ccccc2)cc1)c1cc(NC2CC2)ncn1. The third kappa shape index (κ3) is 4.82. The normalized spacial score (nSPS) is 13.0. The van der Waals surface area contributed by atoms with E-state index in [1.54, 1.807) is 6.07 Å². The molecule has 0 spiro atoms. The number of amides is 1. The van der Waals surface area contributed by atoms with E-state index in [0.717, 1.165) is 24.2 Å². The number of rotatable bonds is 7. The topological polar surface area (TPSA) is 76.1 Å². The molecule has 1 aliphatic carbocycles. The maximum Gasteiger partial charge on any atom is 0.274 e. The van der Waals surface area contributed by atoms with Gasteiger partial charge in [0.15, 0.2) is 0 Å². The first kappa shape index (κ1) is 17.0. The largest absolute Gasteiger partial charge is 0.489 e. The quantitative estimate of drug-likeness (QED) is 0.669. The highest BCUT2D eigenvalue weighted by atomic mass is 16.5. The fraction of sp³-hybridized carbons (Fsp3) is 0.190. The molecule has 1 amide bonds. The third-order valence-corrected chi connectivity index (χ3v) is 4.19. The van der Waals surface area contributed by atoms with Gasteiger partial charge in [0.05, 0.1) is 0 Å². The van der Waals surface area contributed by atoms with Crippen molar-refractivity contribution in [2.75, 3.05) is 10.6 Å². The van der Waals surface area contributed by atoms with Crippen LogP contribution in [0.5, 0.6) is 5.75 Å². The van der Waals surface area contributed by atoms with Crippen molar-refractivity contribution < 1.29 is 9.53 Å². The zero-order valence-corrected chi connectivity index (χ0v) is 14.8. The van der Waals surface area contributed by atoms with Crippen LogP contribution < -0.4 is 15.4 Å². The van der Waals surface area contributed by atoms with E-state index in [4.69, 9.17) is 4.74 Å². The molecule has 0 unspecified atom stereocenters. The van der Waals surface area contributed by atoms with Gasteiger partial charge in [-0.2, -0.15) is 0 Å². The number of carbonyl (C=O) groups excluding carboxylic acids is 1. The van der Waals surface area contributed by atoms with Crippen LogP contribution in [0, 0.1) is 0 Å². The van der Waals surface area contributed by atoms with E-state index < -0.39 is 0 Å². The van der Waals surface area contributed by atoms with Crippen molar-refractivity contribution in [3.05, 3.63) is 78.2 Å². The Morgan fingerprint density at radius 3 is 2.56 bits per heavy atom. The molecule has 1 heterocycles. The number of benzene rings is 2. The van der Waals surface area contributed by atoms with Gasteiger partial charge in [-0.25, -0.2) is 9.97 Å². The van der Waals surface area contributed by atoms with Crippen LogP contribution in [0.25, 0.3) is 0 Å². The molecule has 4 rings (SSSR count). The van der Waals surface area contributed by atoms with Crippen molar-refractivity contribution in [3.63, 3.8) is 0 Å². The monoisotopic (exact) mass is 360 g/mol. The number of nitrogens with one attached hydrogen (secondary N) is 2. The van der Waals surface area contributed by atoms with Gasteiger partial charge in [-0.05, 0) is 42.7 Å². The summed E-state index contributed by atoms with van der Waals surface area (Å²) in [7, 11) is 0. The highest BCUT2D eigenvalue weighted by Gasteiger charge is 2.21. The molecule has 2 aromatic carbocycles. The van der Waals surface area contributed by atoms with Gasteiger partial charge in [0.2, 0.25) is 0 Å². The molecule has 6 heteroatoms. The van der Waals surface area contributed by atoms with Crippen LogP contribution >= 0.6 is 0 Å². The zero-order chi connectivity index (χ0) is 18.5. The van der Waals surface area contributed by atoms with E-state index in [0.29, 0.717) is 29.8 Å². The first-order chi connectivity index (χ1) is 13.3. The minimum Gasteiger partial charge on any atom is -0.489 e. The summed E-state index contributed by atoms with van der Waals surface area (Å²) in [4.78, 5) is 20.6. The van der Waals surface area contributed by atoms with Crippen LogP contribution in [0.4, 0.5) is 11.5 Å². The van der Waals surface area contributed by atoms with Crippen LogP contribution in [-0.4, -0.2) is 21.9 Å². The number of ether oxygens (including phenoxy) is 1. The molecule has 2 N–H and O–H groups in total. The van der Waals surface area contributed by atoms with Gasteiger partial charge in [-0.1, -0.05) is 30.3 Å². The molecule has 1 saturated carbocycles. The first-order valence-corrected chi connectivity index (χ1v) is 8.93. The van der Waals surface area contributed by atoms with Crippen LogP contribution in [0.15, 0.2) is 67.0 Å². The molecular formula is C21H20N4O2. The lowest BCUT2D eigenvalue weighted by atomic mass is 10.2. The van der Waals surface area contributed by atoms with E-state index in [1.165, 1.54) is 6.33 Å². The Bertz CT molecular complexity index is 909. The van der Waals surface area contributed by atoms with E-state index in [-0.39, 0.29) is 5.91 Å². The van der Waals surface area contributed by atoms with Gasteiger partial charge in [0.25, 0.3) is 5.91 Å². The minimum absolute atomic E-state index is 0.269. The number of aromatic nitrogens is 2. The molecule has 0 atom stereocenters. The van der Waals surface area contributed by atoms with E-state index in [1.807, 2.05) is 54.6 Å². The highest BCUT2D eigenvalue weighted by Crippen LogP contribution is 2.23. The predicted octanol–water partition coefficient (Wildman–Crippen LogP) is 3.88. The van der Waals surface area contributed by atoms with Crippen molar-refractivity contribution in [1.29, 1.82) is 0 Å². The molecule has 0 bridgehead atoms. The number of anilines is 2. The van der Waals surface area contributed by atoms with Gasteiger partial charge < -0.3 is 15.4 Å². The van der Waals surface area contributed by atoms with Gasteiger partial charge in [0.1, 0.15) is 30.2 Å². The van der Waals surface area contributed by atoms with E-state index >= 15 is 0 Å². The molecule has 1 fully saturated rings. The molecule has 1 aromatic heterocycles. The summed E-state index contributed by atoms with van der Waals surface area (Å²) in [5.74, 6) is 1.16. The van der Waals surface area contributed by atoms with Gasteiger partial charge in [-0.3, -0.25) is 4.79 Å². The second-order valence-corrected chi connectivity index (χ2v) is 6.46. The molecular weight excluding hydrogens is 340 g/mol. The Balaban J connectivity index is 1.34. The number of hydrogen-bond acceptors (Lipinski definition) is 5. The number of nitrogens with zero attached hydrogens (tertiary/aromatic N) is 2. The summed E-state index contributed by atoms with van der Waals surface area (Å²) < 4.78 is 5.75. The Hall–Kier alpha value is -3.41. The van der Waals surface area contributed by atoms with E-state index in [9.17, 15) is 4.79 Å². The Morgan fingerprint density at radius 2 is 1.81 bits per heavy atom. The van der Waals surface area contributed by atoms with Crippen molar-refractivity contribution >= 4 is 17.4 Å². The molecule has 0 aliphatic heterocycles. The highest BCUT2D eigenvalue weighted by molar-refractivity contribution is 6.03. The average molecular weight is 360 g/mol. The Kier molecular flexibility index (Phi) is 4.96. The number of hydrogen-bond donors (Lipinski definition) is 2. The van der Waals surface area contributed by atoms with Crippen molar-refractivity contribution in [3.8, 4) is 5.75 Å². The molecule has 0 radical (unpaired) electrons. The van der Waals surface area contributed by atoms with Crippen LogP contribution in [-0.2, 0) is 6.61 Å².